The summed E-state index contributed by atoms with van der Waals surface area (Å²) >= 11 is 0. The average Bonchev–Trinajstić information content (AvgIpc) is 2.99. The van der Waals surface area contributed by atoms with Gasteiger partial charge in [0.25, 0.3) is 0 Å². The van der Waals surface area contributed by atoms with Gasteiger partial charge in [0.15, 0.2) is 0 Å². The molecule has 2 aliphatic rings. The number of nitrogens with one attached hydrogen (secondary N) is 1. The molecule has 1 fully saturated rings. The molecule has 0 unspecified atom stereocenters. The molecule has 0 aromatic heterocycles. The van der Waals surface area contributed by atoms with Crippen LogP contribution in [0.4, 0.5) is 5.69 Å². The van der Waals surface area contributed by atoms with E-state index in [1.54, 1.807) is 20.2 Å². The van der Waals surface area contributed by atoms with Gasteiger partial charge in [0.2, 0.25) is 11.8 Å². The number of fused-ring (bicyclic) bond motifs is 3. The monoisotopic (exact) mass is 378 g/mol. The minimum Gasteiger partial charge on any atom is -0.487 e. The first kappa shape index (κ1) is 19.6. The van der Waals surface area contributed by atoms with E-state index in [9.17, 15) is 14.7 Å². The van der Waals surface area contributed by atoms with E-state index in [4.69, 9.17) is 14.2 Å². The molecule has 0 aliphatic carbocycles. The second-order valence-electron chi connectivity index (χ2n) is 7.13. The fourth-order valence-corrected chi connectivity index (χ4v) is 3.67. The molecule has 0 radical (unpaired) electrons. The van der Waals surface area contributed by atoms with Crippen molar-refractivity contribution in [2.75, 3.05) is 39.7 Å². The van der Waals surface area contributed by atoms with E-state index in [-0.39, 0.29) is 49.6 Å². The maximum atomic E-state index is 12.1. The van der Waals surface area contributed by atoms with Crippen LogP contribution < -0.4 is 10.1 Å². The van der Waals surface area contributed by atoms with Gasteiger partial charge in [0.1, 0.15) is 24.6 Å². The lowest BCUT2D eigenvalue weighted by molar-refractivity contribution is -0.147. The Labute approximate surface area is 158 Å². The number of nitrogens with zero attached hydrogens (tertiary/aromatic N) is 1. The standard InChI is InChI=1S/C19H26N2O6/c1-21(2)18(24)8-12-7-14-13-6-11(20-17(23)10-25-3)4-5-15(13)27-19(14)16(9-22)26-12/h4-6,12,14,16,19,22H,7-10H2,1-3H3,(H,20,23)/t12-,14+,16+,19-/m0/s1. The number of methoxy groups -OCH3 is 1. The SMILES string of the molecule is COCC(=O)Nc1ccc2c(c1)[C@H]1C[C@@H](CC(=O)N(C)C)O[C@H](CO)[C@H]1O2. The van der Waals surface area contributed by atoms with Crippen LogP contribution in [-0.2, 0) is 19.1 Å². The quantitative estimate of drug-likeness (QED) is 0.758. The molecule has 8 nitrogen and oxygen atoms in total. The number of aliphatic hydroxyl groups excluding tert-OH is 1. The second kappa shape index (κ2) is 8.24. The van der Waals surface area contributed by atoms with E-state index in [1.807, 2.05) is 12.1 Å². The number of ether oxygens (including phenoxy) is 3. The Kier molecular flexibility index (Phi) is 5.98. The van der Waals surface area contributed by atoms with E-state index in [0.717, 1.165) is 11.3 Å². The summed E-state index contributed by atoms with van der Waals surface area (Å²) in [6, 6.07) is 5.47. The molecular formula is C19H26N2O6. The molecule has 0 saturated carbocycles. The van der Waals surface area contributed by atoms with Crippen molar-refractivity contribution >= 4 is 17.5 Å². The van der Waals surface area contributed by atoms with Gasteiger partial charge in [0.05, 0.1) is 19.1 Å². The summed E-state index contributed by atoms with van der Waals surface area (Å²) in [5.74, 6) is 0.457. The summed E-state index contributed by atoms with van der Waals surface area (Å²) in [5, 5.41) is 12.5. The Bertz CT molecular complexity index is 707. The number of hydrogen-bond donors (Lipinski definition) is 2. The highest BCUT2D eigenvalue weighted by atomic mass is 16.6. The molecule has 2 aliphatic heterocycles. The van der Waals surface area contributed by atoms with Gasteiger partial charge in [-0.1, -0.05) is 0 Å². The average molecular weight is 378 g/mol. The van der Waals surface area contributed by atoms with E-state index in [1.165, 1.54) is 12.0 Å². The molecular weight excluding hydrogens is 352 g/mol. The van der Waals surface area contributed by atoms with E-state index < -0.39 is 6.10 Å². The van der Waals surface area contributed by atoms with Gasteiger partial charge in [-0.25, -0.2) is 0 Å². The molecule has 2 N–H and O–H groups in total. The lowest BCUT2D eigenvalue weighted by atomic mass is 9.84. The van der Waals surface area contributed by atoms with Crippen LogP contribution in [0.15, 0.2) is 18.2 Å². The smallest absolute Gasteiger partial charge is 0.250 e. The number of aliphatic hydroxyl groups is 1. The van der Waals surface area contributed by atoms with Crippen LogP contribution in [0, 0.1) is 0 Å². The van der Waals surface area contributed by atoms with Gasteiger partial charge in [-0.3, -0.25) is 9.59 Å². The summed E-state index contributed by atoms with van der Waals surface area (Å²) in [7, 11) is 4.88. The summed E-state index contributed by atoms with van der Waals surface area (Å²) < 4.78 is 16.8. The van der Waals surface area contributed by atoms with Crippen molar-refractivity contribution in [3.63, 3.8) is 0 Å². The van der Waals surface area contributed by atoms with Gasteiger partial charge in [-0.2, -0.15) is 0 Å². The minimum atomic E-state index is -0.498. The molecule has 4 atom stereocenters. The van der Waals surface area contributed by atoms with E-state index >= 15 is 0 Å². The number of amides is 2. The molecule has 0 spiro atoms. The largest absolute Gasteiger partial charge is 0.487 e. The van der Waals surface area contributed by atoms with Gasteiger partial charge in [-0.15, -0.1) is 0 Å². The third-order valence-electron chi connectivity index (χ3n) is 4.96. The van der Waals surface area contributed by atoms with E-state index in [0.29, 0.717) is 12.1 Å². The van der Waals surface area contributed by atoms with Crippen LogP contribution in [-0.4, -0.2) is 74.6 Å². The zero-order valence-electron chi connectivity index (χ0n) is 15.8. The van der Waals surface area contributed by atoms with Crippen LogP contribution >= 0.6 is 0 Å². The molecule has 2 heterocycles. The summed E-state index contributed by atoms with van der Waals surface area (Å²) in [5.41, 5.74) is 1.62. The normalized spacial score (nSPS) is 25.9. The van der Waals surface area contributed by atoms with E-state index in [2.05, 4.69) is 5.32 Å². The molecule has 8 heteroatoms. The fourth-order valence-electron chi connectivity index (χ4n) is 3.67. The molecule has 3 rings (SSSR count). The van der Waals surface area contributed by atoms with Crippen molar-refractivity contribution in [1.82, 2.24) is 4.90 Å². The molecule has 1 saturated heterocycles. The number of carbonyl (C=O) groups is 2. The van der Waals surface area contributed by atoms with Crippen molar-refractivity contribution in [2.45, 2.75) is 37.1 Å². The van der Waals surface area contributed by atoms with Gasteiger partial charge < -0.3 is 29.5 Å². The van der Waals surface area contributed by atoms with Crippen LogP contribution in [0.1, 0.15) is 24.3 Å². The first-order chi connectivity index (χ1) is 12.9. The third-order valence-corrected chi connectivity index (χ3v) is 4.96. The lowest BCUT2D eigenvalue weighted by Crippen LogP contribution is -2.47. The summed E-state index contributed by atoms with van der Waals surface area (Å²) in [6.07, 6.45) is -0.224. The maximum absolute atomic E-state index is 12.1. The predicted molar refractivity (Wildman–Crippen MR) is 97.8 cm³/mol. The minimum absolute atomic E-state index is 0.00913. The zero-order valence-corrected chi connectivity index (χ0v) is 15.8. The molecule has 2 amide bonds. The Hall–Kier alpha value is -2.16. The number of carbonyl (C=O) groups excluding carboxylic acids is 2. The summed E-state index contributed by atoms with van der Waals surface area (Å²) in [6.45, 7) is -0.200. The number of benzene rings is 1. The fraction of sp³-hybridized carbons (Fsp3) is 0.579. The molecule has 0 bridgehead atoms. The molecule has 1 aromatic carbocycles. The lowest BCUT2D eigenvalue weighted by Gasteiger charge is -2.37. The van der Waals surface area contributed by atoms with Crippen LogP contribution in [0.5, 0.6) is 5.75 Å². The zero-order chi connectivity index (χ0) is 19.6. The number of anilines is 1. The third kappa shape index (κ3) is 4.23. The second-order valence-corrected chi connectivity index (χ2v) is 7.13. The Morgan fingerprint density at radius 1 is 1.37 bits per heavy atom. The first-order valence-corrected chi connectivity index (χ1v) is 8.98. The molecule has 148 valence electrons. The van der Waals surface area contributed by atoms with Gasteiger partial charge >= 0.3 is 0 Å². The summed E-state index contributed by atoms with van der Waals surface area (Å²) in [4.78, 5) is 25.4. The predicted octanol–water partition coefficient (Wildman–Crippen LogP) is 0.744. The highest BCUT2D eigenvalue weighted by Gasteiger charge is 2.46. The Balaban J connectivity index is 1.79. The van der Waals surface area contributed by atoms with Gasteiger partial charge in [-0.05, 0) is 24.6 Å². The molecule has 27 heavy (non-hydrogen) atoms. The van der Waals surface area contributed by atoms with Crippen molar-refractivity contribution in [3.8, 4) is 5.75 Å². The van der Waals surface area contributed by atoms with Crippen LogP contribution in [0.3, 0.4) is 0 Å². The van der Waals surface area contributed by atoms with Crippen molar-refractivity contribution in [1.29, 1.82) is 0 Å². The number of hydrogen-bond acceptors (Lipinski definition) is 6. The first-order valence-electron chi connectivity index (χ1n) is 8.98. The van der Waals surface area contributed by atoms with Crippen LogP contribution in [0.25, 0.3) is 0 Å². The Morgan fingerprint density at radius 2 is 2.15 bits per heavy atom. The molecule has 1 aromatic rings. The topological polar surface area (TPSA) is 97.3 Å². The van der Waals surface area contributed by atoms with Crippen molar-refractivity contribution in [3.05, 3.63) is 23.8 Å². The highest BCUT2D eigenvalue weighted by Crippen LogP contribution is 2.47. The van der Waals surface area contributed by atoms with Crippen molar-refractivity contribution < 1.29 is 28.9 Å². The Morgan fingerprint density at radius 3 is 2.81 bits per heavy atom. The van der Waals surface area contributed by atoms with Crippen molar-refractivity contribution in [2.24, 2.45) is 0 Å². The highest BCUT2D eigenvalue weighted by molar-refractivity contribution is 5.91. The maximum Gasteiger partial charge on any atom is 0.250 e. The van der Waals surface area contributed by atoms with Gasteiger partial charge in [0, 0.05) is 38.4 Å². The number of rotatable bonds is 6. The van der Waals surface area contributed by atoms with Crippen LogP contribution in [0.2, 0.25) is 0 Å².